The average Bonchev–Trinajstić information content (AvgIpc) is 3.47. The van der Waals surface area contributed by atoms with Crippen molar-refractivity contribution in [3.63, 3.8) is 0 Å². The Hall–Kier alpha value is -2.60. The van der Waals surface area contributed by atoms with Gasteiger partial charge in [-0.1, -0.05) is 11.6 Å². The molecule has 0 aliphatic carbocycles. The van der Waals surface area contributed by atoms with Crippen LogP contribution in [0.25, 0.3) is 16.9 Å². The summed E-state index contributed by atoms with van der Waals surface area (Å²) in [4.78, 5) is 26.6. The molecule has 188 valence electrons. The summed E-state index contributed by atoms with van der Waals surface area (Å²) in [5, 5.41) is 9.42. The van der Waals surface area contributed by atoms with E-state index in [0.717, 1.165) is 14.8 Å². The summed E-state index contributed by atoms with van der Waals surface area (Å²) in [6, 6.07) is 3.50. The van der Waals surface area contributed by atoms with Gasteiger partial charge in [-0.25, -0.2) is 14.4 Å². The Bertz CT molecular complexity index is 1430. The van der Waals surface area contributed by atoms with E-state index in [0.29, 0.717) is 34.9 Å². The third-order valence-electron chi connectivity index (χ3n) is 6.78. The minimum Gasteiger partial charge on any atom is -0.350 e. The molecule has 0 saturated carbocycles. The van der Waals surface area contributed by atoms with Crippen LogP contribution in [-0.4, -0.2) is 47.4 Å². The Labute approximate surface area is 227 Å². The lowest BCUT2D eigenvalue weighted by molar-refractivity contribution is 0.0878. The van der Waals surface area contributed by atoms with E-state index in [4.69, 9.17) is 16.6 Å². The van der Waals surface area contributed by atoms with Crippen molar-refractivity contribution in [1.82, 2.24) is 29.5 Å². The summed E-state index contributed by atoms with van der Waals surface area (Å²) in [6.45, 7) is 8.29. The molecule has 0 N–H and O–H groups in total. The number of halogens is 3. The first-order valence-corrected chi connectivity index (χ1v) is 13.3. The Morgan fingerprint density at radius 2 is 1.81 bits per heavy atom. The topological polar surface area (TPSA) is 81.7 Å². The Kier molecular flexibility index (Phi) is 6.75. The molecule has 0 bridgehead atoms. The van der Waals surface area contributed by atoms with Gasteiger partial charge in [-0.15, -0.1) is 4.80 Å². The van der Waals surface area contributed by atoms with Crippen LogP contribution in [0.5, 0.6) is 0 Å². The maximum atomic E-state index is 13.9. The number of Topliss-reactive ketones (excluding diaryl/α,β-unsaturated/α-hetero) is 1. The summed E-state index contributed by atoms with van der Waals surface area (Å²) in [7, 11) is 0. The number of rotatable bonds is 5. The highest BCUT2D eigenvalue weighted by atomic mass is 127. The van der Waals surface area contributed by atoms with E-state index in [1.54, 1.807) is 18.5 Å². The maximum Gasteiger partial charge on any atom is 0.195 e. The monoisotopic (exact) mass is 621 g/mol. The fourth-order valence-electron chi connectivity index (χ4n) is 5.22. The molecule has 11 heteroatoms. The van der Waals surface area contributed by atoms with Crippen molar-refractivity contribution in [3.8, 4) is 5.82 Å². The van der Waals surface area contributed by atoms with Gasteiger partial charge in [0.25, 0.3) is 0 Å². The second-order valence-electron chi connectivity index (χ2n) is 9.62. The van der Waals surface area contributed by atoms with Gasteiger partial charge in [0.05, 0.1) is 27.2 Å². The molecule has 5 heterocycles. The number of hydrogen-bond donors (Lipinski definition) is 0. The molecule has 1 aliphatic heterocycles. The van der Waals surface area contributed by atoms with E-state index in [9.17, 15) is 9.18 Å². The summed E-state index contributed by atoms with van der Waals surface area (Å²) >= 11 is 8.70. The number of nitrogens with zero attached hydrogens (tertiary/aromatic N) is 7. The number of anilines is 1. The van der Waals surface area contributed by atoms with E-state index >= 15 is 0 Å². The van der Waals surface area contributed by atoms with Gasteiger partial charge in [0.1, 0.15) is 17.3 Å². The largest absolute Gasteiger partial charge is 0.350 e. The summed E-state index contributed by atoms with van der Waals surface area (Å²) in [5.74, 6) is 0.748. The number of ketones is 1. The number of piperidine rings is 1. The highest BCUT2D eigenvalue weighted by Gasteiger charge is 2.37. The molecule has 0 aromatic carbocycles. The fraction of sp³-hybridized carbons (Fsp3) is 0.400. The van der Waals surface area contributed by atoms with E-state index < -0.39 is 0 Å². The van der Waals surface area contributed by atoms with Crippen molar-refractivity contribution in [3.05, 3.63) is 56.9 Å². The number of hydrogen-bond acceptors (Lipinski definition) is 6. The molecule has 5 rings (SSSR count). The lowest BCUT2D eigenvalue weighted by atomic mass is 9.82. The van der Waals surface area contributed by atoms with Crippen LogP contribution in [0.1, 0.15) is 56.9 Å². The van der Waals surface area contributed by atoms with Crippen LogP contribution in [0.2, 0.25) is 5.02 Å². The highest BCUT2D eigenvalue weighted by Crippen LogP contribution is 2.37. The minimum atomic E-state index is -0.353. The Morgan fingerprint density at radius 3 is 2.42 bits per heavy atom. The van der Waals surface area contributed by atoms with E-state index in [1.807, 2.05) is 10.8 Å². The summed E-state index contributed by atoms with van der Waals surface area (Å²) in [5.41, 5.74) is 1.30. The normalized spacial score (nSPS) is 20.4. The Balaban J connectivity index is 1.49. The molecule has 1 aliphatic rings. The van der Waals surface area contributed by atoms with E-state index in [1.165, 1.54) is 17.1 Å². The quantitative estimate of drug-likeness (QED) is 0.205. The molecule has 36 heavy (non-hydrogen) atoms. The molecule has 1 fully saturated rings. The van der Waals surface area contributed by atoms with Gasteiger partial charge >= 0.3 is 0 Å². The van der Waals surface area contributed by atoms with Gasteiger partial charge in [-0.3, -0.25) is 4.79 Å². The van der Waals surface area contributed by atoms with Crippen LogP contribution < -0.4 is 4.90 Å². The van der Waals surface area contributed by atoms with E-state index in [2.05, 4.69) is 70.4 Å². The van der Waals surface area contributed by atoms with Gasteiger partial charge < -0.3 is 9.47 Å². The molecule has 4 aromatic heterocycles. The van der Waals surface area contributed by atoms with Crippen molar-refractivity contribution >= 4 is 56.8 Å². The van der Waals surface area contributed by atoms with Crippen molar-refractivity contribution < 1.29 is 9.18 Å². The molecule has 8 nitrogen and oxygen atoms in total. The molecule has 0 radical (unpaired) electrons. The van der Waals surface area contributed by atoms with Crippen LogP contribution in [0.15, 0.2) is 36.9 Å². The molecule has 1 saturated heterocycles. The SMILES string of the molecule is CC(C)n1cc(C(=O)C2C[C@@H](C)N(c3ncc(F)cc3I)[C@H](C)C2)c2cc(Cl)c(-n3nccn3)nc21. The van der Waals surface area contributed by atoms with Crippen LogP contribution >= 0.6 is 34.2 Å². The smallest absolute Gasteiger partial charge is 0.195 e. The predicted molar refractivity (Wildman–Crippen MR) is 145 cm³/mol. The number of fused-ring (bicyclic) bond motifs is 1. The second kappa shape index (κ2) is 9.70. The summed E-state index contributed by atoms with van der Waals surface area (Å²) in [6.07, 6.45) is 7.62. The standard InChI is InChI=1S/C25H26ClFIN7O/c1-13(2)33-12-19(18-10-20(26)24(32-23(18)33)35-30-5-6-31-35)22(36)16-7-14(3)34(15(4)8-16)25-21(28)9-17(27)11-29-25/h5-6,9-16H,7-8H2,1-4H3/t14-,15-/m1/s1. The van der Waals surface area contributed by atoms with Crippen molar-refractivity contribution in [2.75, 3.05) is 4.90 Å². The molecule has 0 unspecified atom stereocenters. The number of pyridine rings is 2. The number of aromatic nitrogens is 6. The lowest BCUT2D eigenvalue weighted by Gasteiger charge is -2.43. The summed E-state index contributed by atoms with van der Waals surface area (Å²) < 4.78 is 16.4. The van der Waals surface area contributed by atoms with Crippen LogP contribution in [0.3, 0.4) is 0 Å². The van der Waals surface area contributed by atoms with Crippen molar-refractivity contribution in [2.24, 2.45) is 5.92 Å². The molecule has 4 aromatic rings. The van der Waals surface area contributed by atoms with E-state index in [-0.39, 0.29) is 35.6 Å². The van der Waals surface area contributed by atoms with Gasteiger partial charge in [-0.2, -0.15) is 10.2 Å². The van der Waals surface area contributed by atoms with Gasteiger partial charge in [0.2, 0.25) is 0 Å². The van der Waals surface area contributed by atoms with Gasteiger partial charge in [-0.05, 0) is 75.3 Å². The number of carbonyl (C=O) groups excluding carboxylic acids is 1. The zero-order valence-electron chi connectivity index (χ0n) is 20.4. The minimum absolute atomic E-state index is 0.0619. The van der Waals surface area contributed by atoms with Crippen LogP contribution in [0.4, 0.5) is 10.2 Å². The highest BCUT2D eigenvalue weighted by molar-refractivity contribution is 14.1. The molecule has 0 amide bonds. The van der Waals surface area contributed by atoms with Crippen molar-refractivity contribution in [1.29, 1.82) is 0 Å². The zero-order chi connectivity index (χ0) is 25.7. The zero-order valence-corrected chi connectivity index (χ0v) is 23.3. The third-order valence-corrected chi connectivity index (χ3v) is 7.85. The average molecular weight is 622 g/mol. The first-order chi connectivity index (χ1) is 17.2. The molecule has 0 spiro atoms. The molecular formula is C25H26ClFIN7O. The van der Waals surface area contributed by atoms with Crippen LogP contribution in [0, 0.1) is 15.3 Å². The third kappa shape index (κ3) is 4.38. The predicted octanol–water partition coefficient (Wildman–Crippen LogP) is 5.87. The first kappa shape index (κ1) is 25.1. The van der Waals surface area contributed by atoms with Crippen LogP contribution in [-0.2, 0) is 0 Å². The number of carbonyl (C=O) groups is 1. The van der Waals surface area contributed by atoms with Gasteiger partial charge in [0.15, 0.2) is 11.6 Å². The maximum absolute atomic E-state index is 13.9. The fourth-order valence-corrected chi connectivity index (χ4v) is 6.16. The first-order valence-electron chi connectivity index (χ1n) is 11.9. The van der Waals surface area contributed by atoms with Crippen molar-refractivity contribution in [2.45, 2.75) is 58.7 Å². The Morgan fingerprint density at radius 1 is 1.14 bits per heavy atom. The molecule has 2 atom stereocenters. The second-order valence-corrected chi connectivity index (χ2v) is 11.2. The molecular weight excluding hydrogens is 596 g/mol. The van der Waals surface area contributed by atoms with Gasteiger partial charge in [0, 0.05) is 41.2 Å². The lowest BCUT2D eigenvalue weighted by Crippen LogP contribution is -2.49.